The minimum atomic E-state index is -1.11. The summed E-state index contributed by atoms with van der Waals surface area (Å²) in [5, 5.41) is 21.9. The number of carbonyl (C=O) groups is 4. The highest BCUT2D eigenvalue weighted by Gasteiger charge is 2.32. The first-order chi connectivity index (χ1) is 24.8. The van der Waals surface area contributed by atoms with Crippen molar-refractivity contribution in [2.45, 2.75) is 111 Å². The van der Waals surface area contributed by atoms with Crippen LogP contribution in [0.3, 0.4) is 0 Å². The number of alkyl carbamates (subject to hydrolysis) is 1. The third-order valence-electron chi connectivity index (χ3n) is 9.33. The molecule has 0 aliphatic carbocycles. The van der Waals surface area contributed by atoms with Crippen molar-refractivity contribution < 1.29 is 29.0 Å². The second-order valence-corrected chi connectivity index (χ2v) is 14.8. The van der Waals surface area contributed by atoms with Crippen molar-refractivity contribution in [1.82, 2.24) is 20.9 Å². The Kier molecular flexibility index (Phi) is 17.1. The Hall–Kier alpha value is -4.44. The quantitative estimate of drug-likeness (QED) is 0.107. The molecule has 0 aromatic heterocycles. The van der Waals surface area contributed by atoms with Crippen LogP contribution in [0, 0.1) is 17.8 Å². The fourth-order valence-electron chi connectivity index (χ4n) is 6.25. The number of hydrogen-bond acceptors (Lipinski definition) is 6. The van der Waals surface area contributed by atoms with E-state index in [1.165, 1.54) is 0 Å². The van der Waals surface area contributed by atoms with Gasteiger partial charge in [0.1, 0.15) is 18.7 Å². The molecule has 52 heavy (non-hydrogen) atoms. The van der Waals surface area contributed by atoms with Gasteiger partial charge < -0.3 is 30.7 Å². The highest BCUT2D eigenvalue weighted by Crippen LogP contribution is 2.21. The van der Waals surface area contributed by atoms with Crippen LogP contribution in [0.4, 0.5) is 4.79 Å². The number of fused-ring (bicyclic) bond motifs is 1. The second-order valence-electron chi connectivity index (χ2n) is 14.8. The predicted octanol–water partition coefficient (Wildman–Crippen LogP) is 6.38. The van der Waals surface area contributed by atoms with Crippen LogP contribution in [0.5, 0.6) is 0 Å². The summed E-state index contributed by atoms with van der Waals surface area (Å²) in [6.07, 6.45) is -0.129. The monoisotopic (exact) mass is 716 g/mol. The van der Waals surface area contributed by atoms with Crippen LogP contribution in [0.2, 0.25) is 0 Å². The minimum Gasteiger partial charge on any atom is -0.445 e. The molecule has 10 nitrogen and oxygen atoms in total. The van der Waals surface area contributed by atoms with Gasteiger partial charge in [-0.2, -0.15) is 0 Å². The number of rotatable bonds is 20. The molecule has 0 spiro atoms. The average Bonchev–Trinajstić information content (AvgIpc) is 3.12. The summed E-state index contributed by atoms with van der Waals surface area (Å²) in [6, 6.07) is 20.2. The Morgan fingerprint density at radius 2 is 1.38 bits per heavy atom. The molecule has 0 saturated heterocycles. The molecule has 3 aromatic rings. The standard InChI is InChI=1S/C42H60N4O6/c1-8-30(7)26-46(9-2)39(48)25-38(47)35(22-28(3)4)43-40(49)36(23-29(5)6)44-41(50)37(45-42(51)52-27-31-16-11-10-12-17-31)24-33-20-15-19-32-18-13-14-21-34(32)33/h10-21,28-30,35-38,47H,8-9,22-27H2,1-7H3,(H,43,49)(H,44,50)(H,45,51)/t30?,35?,36-,37-,38?/m0/s1. The van der Waals surface area contributed by atoms with Gasteiger partial charge in [-0.3, -0.25) is 14.4 Å². The van der Waals surface area contributed by atoms with E-state index in [4.69, 9.17) is 4.74 Å². The van der Waals surface area contributed by atoms with Gasteiger partial charge in [-0.15, -0.1) is 0 Å². The van der Waals surface area contributed by atoms with Crippen LogP contribution in [0.25, 0.3) is 10.8 Å². The second kappa shape index (κ2) is 21.2. The lowest BCUT2D eigenvalue weighted by Gasteiger charge is -2.31. The molecule has 284 valence electrons. The molecular formula is C42H60N4O6. The molecule has 3 rings (SSSR count). The molecule has 0 radical (unpaired) electrons. The number of benzene rings is 3. The molecule has 0 heterocycles. The van der Waals surface area contributed by atoms with Crippen molar-refractivity contribution in [3.05, 3.63) is 83.9 Å². The van der Waals surface area contributed by atoms with E-state index < -0.39 is 42.1 Å². The number of nitrogens with zero attached hydrogens (tertiary/aromatic N) is 1. The number of ether oxygens (including phenoxy) is 1. The summed E-state index contributed by atoms with van der Waals surface area (Å²) in [4.78, 5) is 56.1. The third-order valence-corrected chi connectivity index (χ3v) is 9.33. The van der Waals surface area contributed by atoms with Gasteiger partial charge in [0.25, 0.3) is 0 Å². The van der Waals surface area contributed by atoms with E-state index in [1.54, 1.807) is 4.90 Å². The molecule has 0 bridgehead atoms. The van der Waals surface area contributed by atoms with Crippen LogP contribution < -0.4 is 16.0 Å². The van der Waals surface area contributed by atoms with Gasteiger partial charge >= 0.3 is 6.09 Å². The summed E-state index contributed by atoms with van der Waals surface area (Å²) in [7, 11) is 0. The SMILES string of the molecule is CCC(C)CN(CC)C(=O)CC(O)C(CC(C)C)NC(=O)[C@H](CC(C)C)NC(=O)[C@H](Cc1cccc2ccccc12)NC(=O)OCc1ccccc1. The van der Waals surface area contributed by atoms with Crippen molar-refractivity contribution in [2.24, 2.45) is 17.8 Å². The van der Waals surface area contributed by atoms with E-state index in [0.717, 1.165) is 28.3 Å². The molecule has 4 N–H and O–H groups in total. The highest BCUT2D eigenvalue weighted by atomic mass is 16.5. The molecule has 3 unspecified atom stereocenters. The number of nitrogens with one attached hydrogen (secondary N) is 3. The van der Waals surface area contributed by atoms with Crippen LogP contribution in [-0.4, -0.2) is 71.1 Å². The average molecular weight is 717 g/mol. The van der Waals surface area contributed by atoms with Gasteiger partial charge in [-0.1, -0.05) is 121 Å². The number of amides is 4. The van der Waals surface area contributed by atoms with Crippen molar-refractivity contribution in [1.29, 1.82) is 0 Å². The lowest BCUT2D eigenvalue weighted by Crippen LogP contribution is -2.57. The van der Waals surface area contributed by atoms with Gasteiger partial charge in [0.2, 0.25) is 17.7 Å². The lowest BCUT2D eigenvalue weighted by atomic mass is 9.95. The van der Waals surface area contributed by atoms with Gasteiger partial charge in [-0.05, 0) is 59.4 Å². The van der Waals surface area contributed by atoms with E-state index in [0.29, 0.717) is 31.8 Å². The summed E-state index contributed by atoms with van der Waals surface area (Å²) in [6.45, 7) is 15.2. The Bertz CT molecular complexity index is 1570. The Morgan fingerprint density at radius 1 is 0.750 bits per heavy atom. The van der Waals surface area contributed by atoms with E-state index in [9.17, 15) is 24.3 Å². The zero-order valence-electron chi connectivity index (χ0n) is 32.1. The van der Waals surface area contributed by atoms with Crippen molar-refractivity contribution >= 4 is 34.6 Å². The fourth-order valence-corrected chi connectivity index (χ4v) is 6.25. The number of aliphatic hydroxyl groups excluding tert-OH is 1. The summed E-state index contributed by atoms with van der Waals surface area (Å²) >= 11 is 0. The van der Waals surface area contributed by atoms with E-state index in [-0.39, 0.29) is 37.2 Å². The first kappa shape index (κ1) is 42.0. The molecular weight excluding hydrogens is 656 g/mol. The van der Waals surface area contributed by atoms with Crippen molar-refractivity contribution in [3.63, 3.8) is 0 Å². The fraction of sp³-hybridized carbons (Fsp3) is 0.524. The summed E-state index contributed by atoms with van der Waals surface area (Å²) in [5.41, 5.74) is 1.66. The topological polar surface area (TPSA) is 137 Å². The molecule has 4 amide bonds. The third kappa shape index (κ3) is 13.6. The molecule has 0 aliphatic rings. The van der Waals surface area contributed by atoms with Crippen LogP contribution >= 0.6 is 0 Å². The summed E-state index contributed by atoms with van der Waals surface area (Å²) in [5.74, 6) is -0.673. The summed E-state index contributed by atoms with van der Waals surface area (Å²) < 4.78 is 5.48. The maximum Gasteiger partial charge on any atom is 0.408 e. The molecule has 0 aliphatic heterocycles. The minimum absolute atomic E-state index is 0.0311. The van der Waals surface area contributed by atoms with E-state index >= 15 is 0 Å². The number of carbonyl (C=O) groups excluding carboxylic acids is 4. The van der Waals surface area contributed by atoms with Gasteiger partial charge in [-0.25, -0.2) is 4.79 Å². The zero-order chi connectivity index (χ0) is 38.2. The van der Waals surface area contributed by atoms with E-state index in [2.05, 4.69) is 29.8 Å². The first-order valence-corrected chi connectivity index (χ1v) is 18.8. The normalized spacial score (nSPS) is 14.3. The van der Waals surface area contributed by atoms with Gasteiger partial charge in [0.15, 0.2) is 0 Å². The van der Waals surface area contributed by atoms with Crippen LogP contribution in [0.1, 0.15) is 85.3 Å². The molecule has 5 atom stereocenters. The molecule has 3 aromatic carbocycles. The molecule has 0 saturated carbocycles. The maximum absolute atomic E-state index is 14.1. The lowest BCUT2D eigenvalue weighted by molar-refractivity contribution is -0.135. The first-order valence-electron chi connectivity index (χ1n) is 18.8. The number of hydrogen-bond donors (Lipinski definition) is 4. The highest BCUT2D eigenvalue weighted by molar-refractivity contribution is 5.93. The van der Waals surface area contributed by atoms with Crippen molar-refractivity contribution in [2.75, 3.05) is 13.1 Å². The van der Waals surface area contributed by atoms with Crippen LogP contribution in [0.15, 0.2) is 72.8 Å². The predicted molar refractivity (Wildman–Crippen MR) is 206 cm³/mol. The number of aliphatic hydroxyl groups is 1. The van der Waals surface area contributed by atoms with E-state index in [1.807, 2.05) is 107 Å². The van der Waals surface area contributed by atoms with Gasteiger partial charge in [0, 0.05) is 19.5 Å². The molecule has 0 fully saturated rings. The largest absolute Gasteiger partial charge is 0.445 e. The van der Waals surface area contributed by atoms with Gasteiger partial charge in [0.05, 0.1) is 18.6 Å². The molecule has 10 heteroatoms. The Labute approximate surface area is 310 Å². The smallest absolute Gasteiger partial charge is 0.408 e. The Balaban J connectivity index is 1.82. The maximum atomic E-state index is 14.1. The van der Waals surface area contributed by atoms with Crippen LogP contribution in [-0.2, 0) is 32.1 Å². The Morgan fingerprint density at radius 3 is 2.04 bits per heavy atom. The van der Waals surface area contributed by atoms with Crippen molar-refractivity contribution in [3.8, 4) is 0 Å². The zero-order valence-corrected chi connectivity index (χ0v) is 32.1.